The van der Waals surface area contributed by atoms with Crippen molar-refractivity contribution in [3.05, 3.63) is 71.1 Å². The van der Waals surface area contributed by atoms with Crippen LogP contribution in [-0.2, 0) is 6.18 Å². The maximum atomic E-state index is 14.0. The molecule has 0 aliphatic carbocycles. The Morgan fingerprint density at radius 1 is 0.690 bits per heavy atom. The van der Waals surface area contributed by atoms with Crippen LogP contribution < -0.4 is 0 Å². The van der Waals surface area contributed by atoms with Crippen molar-refractivity contribution in [1.29, 1.82) is 0 Å². The Hall–Kier alpha value is -2.97. The molecule has 0 unspecified atom stereocenters. The van der Waals surface area contributed by atoms with Crippen LogP contribution in [-0.4, -0.2) is 9.97 Å². The van der Waals surface area contributed by atoms with Gasteiger partial charge in [-0.2, -0.15) is 13.2 Å². The maximum Gasteiger partial charge on any atom is 0.422 e. The predicted molar refractivity (Wildman–Crippen MR) is 93.8 cm³/mol. The van der Waals surface area contributed by atoms with Gasteiger partial charge in [-0.05, 0) is 36.8 Å². The lowest BCUT2D eigenvalue weighted by atomic mass is 10.1. The fraction of sp³-hybridized carbons (Fsp3) is 0.200. The molecule has 0 radical (unpaired) electrons. The van der Waals surface area contributed by atoms with Gasteiger partial charge in [-0.25, -0.2) is 27.5 Å². The number of alkyl halides is 3. The number of benzene rings is 2. The van der Waals surface area contributed by atoms with Crippen molar-refractivity contribution in [3.63, 3.8) is 0 Å². The molecule has 3 rings (SSSR count). The minimum Gasteiger partial charge on any atom is -0.236 e. The van der Waals surface area contributed by atoms with Crippen LogP contribution >= 0.6 is 0 Å². The van der Waals surface area contributed by atoms with Gasteiger partial charge in [-0.1, -0.05) is 13.8 Å². The van der Waals surface area contributed by atoms with E-state index >= 15 is 0 Å². The molecule has 1 aromatic heterocycles. The molecule has 2 aromatic carbocycles. The van der Waals surface area contributed by atoms with Gasteiger partial charge >= 0.3 is 6.18 Å². The van der Waals surface area contributed by atoms with E-state index < -0.39 is 40.6 Å². The number of hydrogen-bond acceptors (Lipinski definition) is 2. The zero-order chi connectivity index (χ0) is 21.9. The van der Waals surface area contributed by atoms with Crippen molar-refractivity contribution in [1.82, 2.24) is 9.97 Å². The Kier molecular flexibility index (Phi) is 6.61. The third-order valence-corrected chi connectivity index (χ3v) is 3.71. The van der Waals surface area contributed by atoms with Crippen LogP contribution in [0.5, 0.6) is 0 Å². The van der Waals surface area contributed by atoms with Gasteiger partial charge in [-0.3, -0.25) is 0 Å². The molecule has 0 saturated carbocycles. The first-order chi connectivity index (χ1) is 13.6. The van der Waals surface area contributed by atoms with E-state index in [0.717, 1.165) is 24.5 Å². The van der Waals surface area contributed by atoms with Crippen LogP contribution in [0.25, 0.3) is 22.5 Å². The number of halogens is 7. The molecule has 3 aromatic rings. The van der Waals surface area contributed by atoms with Crippen LogP contribution in [0.4, 0.5) is 30.7 Å². The lowest BCUT2D eigenvalue weighted by Gasteiger charge is -2.11. The van der Waals surface area contributed by atoms with Gasteiger partial charge in [0.15, 0.2) is 5.82 Å². The highest BCUT2D eigenvalue weighted by molar-refractivity contribution is 5.65. The summed E-state index contributed by atoms with van der Waals surface area (Å²) in [4.78, 5) is 7.49. The summed E-state index contributed by atoms with van der Waals surface area (Å²) in [5.41, 5.74) is -2.44. The van der Waals surface area contributed by atoms with Gasteiger partial charge in [0.1, 0.15) is 28.8 Å². The normalized spacial score (nSPS) is 11.1. The molecule has 0 amide bonds. The number of aromatic nitrogens is 2. The molecule has 0 saturated heterocycles. The molecule has 154 valence electrons. The Bertz CT molecular complexity index is 966. The Morgan fingerprint density at radius 2 is 1.14 bits per heavy atom. The zero-order valence-electron chi connectivity index (χ0n) is 15.5. The Morgan fingerprint density at radius 3 is 1.55 bits per heavy atom. The molecule has 1 heterocycles. The molecule has 0 aliphatic heterocycles. The fourth-order valence-corrected chi connectivity index (χ4v) is 2.55. The molecule has 0 N–H and O–H groups in total. The molecule has 0 fully saturated rings. The summed E-state index contributed by atoms with van der Waals surface area (Å²) in [6.07, 6.45) is -3.18. The minimum absolute atomic E-state index is 0.0402. The van der Waals surface area contributed by atoms with Crippen LogP contribution in [0.2, 0.25) is 0 Å². The summed E-state index contributed by atoms with van der Waals surface area (Å²) in [6, 6.07) is 3.09. The van der Waals surface area contributed by atoms with Gasteiger partial charge in [0, 0.05) is 23.5 Å². The van der Waals surface area contributed by atoms with E-state index in [9.17, 15) is 30.7 Å². The van der Waals surface area contributed by atoms with Crippen molar-refractivity contribution in [2.45, 2.75) is 26.9 Å². The molecule has 0 spiro atoms. The van der Waals surface area contributed by atoms with Gasteiger partial charge < -0.3 is 0 Å². The fourth-order valence-electron chi connectivity index (χ4n) is 2.55. The number of rotatable bonds is 2. The summed E-state index contributed by atoms with van der Waals surface area (Å²) in [7, 11) is 0. The quantitative estimate of drug-likeness (QED) is 0.434. The molecule has 29 heavy (non-hydrogen) atoms. The predicted octanol–water partition coefficient (Wildman–Crippen LogP) is 6.72. The molecule has 0 aliphatic rings. The minimum atomic E-state index is -5.20. The van der Waals surface area contributed by atoms with E-state index in [1.165, 1.54) is 6.92 Å². The van der Waals surface area contributed by atoms with E-state index in [2.05, 4.69) is 9.97 Å². The average Bonchev–Trinajstić information content (AvgIpc) is 2.61. The molecule has 2 nitrogen and oxygen atoms in total. The summed E-state index contributed by atoms with van der Waals surface area (Å²) in [5, 5.41) is 0. The van der Waals surface area contributed by atoms with E-state index in [1.807, 2.05) is 13.8 Å². The van der Waals surface area contributed by atoms with Crippen molar-refractivity contribution in [3.8, 4) is 22.5 Å². The lowest BCUT2D eigenvalue weighted by molar-refractivity contribution is -0.142. The van der Waals surface area contributed by atoms with Gasteiger partial charge in [-0.15, -0.1) is 0 Å². The number of nitrogens with zero attached hydrogens (tertiary/aromatic N) is 2. The smallest absolute Gasteiger partial charge is 0.236 e. The van der Waals surface area contributed by atoms with Crippen molar-refractivity contribution in [2.75, 3.05) is 0 Å². The molecule has 0 bridgehead atoms. The third kappa shape index (κ3) is 4.72. The molecular weight excluding hydrogens is 401 g/mol. The van der Waals surface area contributed by atoms with Crippen LogP contribution in [0.1, 0.15) is 25.0 Å². The first kappa shape index (κ1) is 22.3. The van der Waals surface area contributed by atoms with E-state index in [0.29, 0.717) is 17.7 Å². The van der Waals surface area contributed by atoms with Crippen molar-refractivity contribution in [2.24, 2.45) is 0 Å². The van der Waals surface area contributed by atoms with Gasteiger partial charge in [0.05, 0.1) is 5.56 Å². The van der Waals surface area contributed by atoms with Gasteiger partial charge in [0.25, 0.3) is 0 Å². The molecular formula is C20H15F7N2. The average molecular weight is 416 g/mol. The monoisotopic (exact) mass is 416 g/mol. The highest BCUT2D eigenvalue weighted by atomic mass is 19.4. The zero-order valence-corrected chi connectivity index (χ0v) is 15.5. The number of hydrogen-bond donors (Lipinski definition) is 0. The van der Waals surface area contributed by atoms with E-state index in [-0.39, 0.29) is 17.0 Å². The van der Waals surface area contributed by atoms with Crippen LogP contribution in [0, 0.1) is 30.2 Å². The number of aryl methyl sites for hydroxylation is 1. The highest BCUT2D eigenvalue weighted by Crippen LogP contribution is 2.35. The lowest BCUT2D eigenvalue weighted by Crippen LogP contribution is -2.11. The van der Waals surface area contributed by atoms with Crippen molar-refractivity contribution >= 4 is 0 Å². The first-order valence-corrected chi connectivity index (χ1v) is 8.42. The second-order valence-electron chi connectivity index (χ2n) is 5.71. The third-order valence-electron chi connectivity index (χ3n) is 3.71. The Balaban J connectivity index is 0.00000145. The Labute approximate surface area is 162 Å². The standard InChI is InChI=1S/C18H9F7N2.C2H6/c1-8-2-11(19)15(12(20)3-8)10-6-26-17(27-7-10)9-4-13(21)16(14(22)5-9)18(23,24)25;1-2/h2-7H,1H3;1-2H3. The highest BCUT2D eigenvalue weighted by Gasteiger charge is 2.38. The SMILES string of the molecule is CC.Cc1cc(F)c(-c2cnc(-c3cc(F)c(C(F)(F)F)c(F)c3)nc2)c(F)c1. The van der Waals surface area contributed by atoms with E-state index in [1.54, 1.807) is 0 Å². The second-order valence-corrected chi connectivity index (χ2v) is 5.71. The van der Waals surface area contributed by atoms with E-state index in [4.69, 9.17) is 0 Å². The van der Waals surface area contributed by atoms with Gasteiger partial charge in [0.2, 0.25) is 0 Å². The summed E-state index contributed by atoms with van der Waals surface area (Å²) >= 11 is 0. The summed E-state index contributed by atoms with van der Waals surface area (Å²) < 4.78 is 93.1. The maximum absolute atomic E-state index is 14.0. The largest absolute Gasteiger partial charge is 0.422 e. The van der Waals surface area contributed by atoms with Crippen molar-refractivity contribution < 1.29 is 30.7 Å². The molecule has 9 heteroatoms. The first-order valence-electron chi connectivity index (χ1n) is 8.42. The summed E-state index contributed by atoms with van der Waals surface area (Å²) in [5.74, 6) is -5.65. The topological polar surface area (TPSA) is 25.8 Å². The summed E-state index contributed by atoms with van der Waals surface area (Å²) in [6.45, 7) is 5.50. The van der Waals surface area contributed by atoms with Crippen LogP contribution in [0.15, 0.2) is 36.7 Å². The second kappa shape index (κ2) is 8.59. The van der Waals surface area contributed by atoms with Crippen LogP contribution in [0.3, 0.4) is 0 Å². The molecule has 0 atom stereocenters.